The molecule has 1 aromatic carbocycles. The van der Waals surface area contributed by atoms with Crippen LogP contribution < -0.4 is 10.5 Å². The van der Waals surface area contributed by atoms with Crippen LogP contribution in [0.3, 0.4) is 0 Å². The molecule has 1 aliphatic heterocycles. The fourth-order valence-electron chi connectivity index (χ4n) is 2.40. The van der Waals surface area contributed by atoms with Crippen LogP contribution >= 0.6 is 12.4 Å². The van der Waals surface area contributed by atoms with Gasteiger partial charge in [0.2, 0.25) is 10.0 Å². The van der Waals surface area contributed by atoms with Gasteiger partial charge in [-0.15, -0.1) is 25.6 Å². The Balaban J connectivity index is 0.00000264. The van der Waals surface area contributed by atoms with Crippen molar-refractivity contribution in [3.63, 3.8) is 0 Å². The molecule has 0 aliphatic carbocycles. The Morgan fingerprint density at radius 3 is 2.30 bits per heavy atom. The quantitative estimate of drug-likeness (QED) is 0.878. The van der Waals surface area contributed by atoms with E-state index in [0.29, 0.717) is 19.4 Å². The Hall–Kier alpha value is -1.03. The normalized spacial score (nSPS) is 17.6. The van der Waals surface area contributed by atoms with Gasteiger partial charge >= 0.3 is 6.36 Å². The van der Waals surface area contributed by atoms with Crippen molar-refractivity contribution in [3.05, 3.63) is 24.3 Å². The van der Waals surface area contributed by atoms with E-state index in [-0.39, 0.29) is 31.4 Å². The van der Waals surface area contributed by atoms with Crippen LogP contribution in [-0.4, -0.2) is 38.7 Å². The van der Waals surface area contributed by atoms with Gasteiger partial charge in [-0.2, -0.15) is 4.31 Å². The van der Waals surface area contributed by atoms with Crippen molar-refractivity contribution in [2.75, 3.05) is 19.6 Å². The minimum absolute atomic E-state index is 0. The number of nitrogens with two attached hydrogens (primary N) is 1. The van der Waals surface area contributed by atoms with Gasteiger partial charge in [0.05, 0.1) is 0 Å². The summed E-state index contributed by atoms with van der Waals surface area (Å²) in [5.41, 5.74) is 5.55. The van der Waals surface area contributed by atoms with Crippen LogP contribution in [0.5, 0.6) is 5.75 Å². The second-order valence-electron chi connectivity index (χ2n) is 5.08. The molecule has 1 fully saturated rings. The summed E-state index contributed by atoms with van der Waals surface area (Å²) in [6.45, 7) is 0.955. The minimum Gasteiger partial charge on any atom is -0.404 e. The summed E-state index contributed by atoms with van der Waals surface area (Å²) >= 11 is 0. The van der Waals surface area contributed by atoms with Gasteiger partial charge in [-0.05, 0) is 37.4 Å². The maximum atomic E-state index is 12.5. The van der Waals surface area contributed by atoms with E-state index >= 15 is 0 Å². The summed E-state index contributed by atoms with van der Waals surface area (Å²) in [4.78, 5) is -0.474. The number of sulfonamides is 1. The molecule has 132 valence electrons. The van der Waals surface area contributed by atoms with Crippen LogP contribution in [0.4, 0.5) is 13.2 Å². The highest BCUT2D eigenvalue weighted by Crippen LogP contribution is 2.32. The van der Waals surface area contributed by atoms with Gasteiger partial charge in [-0.25, -0.2) is 8.42 Å². The predicted octanol–water partition coefficient (Wildman–Crippen LogP) is 2.37. The fourth-order valence-corrected chi connectivity index (χ4v) is 3.98. The van der Waals surface area contributed by atoms with E-state index in [4.69, 9.17) is 5.73 Å². The van der Waals surface area contributed by atoms with Crippen LogP contribution in [-0.2, 0) is 10.0 Å². The molecular formula is C13H18ClF3N2O3S. The van der Waals surface area contributed by atoms with Crippen molar-refractivity contribution >= 4 is 22.4 Å². The van der Waals surface area contributed by atoms with E-state index in [1.165, 1.54) is 16.4 Å². The molecule has 1 aliphatic rings. The number of para-hydroxylation sites is 1. The topological polar surface area (TPSA) is 72.6 Å². The average molecular weight is 375 g/mol. The fraction of sp³-hybridized carbons (Fsp3) is 0.538. The molecule has 0 aromatic heterocycles. The van der Waals surface area contributed by atoms with Crippen LogP contribution in [0.2, 0.25) is 0 Å². The number of rotatable bonds is 4. The Morgan fingerprint density at radius 1 is 1.22 bits per heavy atom. The number of nitrogens with zero attached hydrogens (tertiary/aromatic N) is 1. The summed E-state index contributed by atoms with van der Waals surface area (Å²) < 4.78 is 67.3. The number of hydrogen-bond donors (Lipinski definition) is 1. The van der Waals surface area contributed by atoms with E-state index in [9.17, 15) is 21.6 Å². The van der Waals surface area contributed by atoms with Crippen molar-refractivity contribution in [2.24, 2.45) is 11.7 Å². The van der Waals surface area contributed by atoms with Crippen LogP contribution in [0, 0.1) is 5.92 Å². The number of benzene rings is 1. The van der Waals surface area contributed by atoms with E-state index in [1.807, 2.05) is 0 Å². The monoisotopic (exact) mass is 374 g/mol. The zero-order valence-electron chi connectivity index (χ0n) is 12.1. The van der Waals surface area contributed by atoms with Crippen molar-refractivity contribution in [1.82, 2.24) is 4.31 Å². The summed E-state index contributed by atoms with van der Waals surface area (Å²) in [6.07, 6.45) is -3.76. The summed E-state index contributed by atoms with van der Waals surface area (Å²) in [7, 11) is -4.03. The molecule has 10 heteroatoms. The largest absolute Gasteiger partial charge is 0.573 e. The standard InChI is InChI=1S/C13H17F3N2O3S.ClH/c14-13(15,16)21-11-3-1-2-4-12(11)22(19,20)18-7-5-10(9-17)6-8-18;/h1-4,10H,5-9,17H2;1H. The Morgan fingerprint density at radius 2 is 1.78 bits per heavy atom. The van der Waals surface area contributed by atoms with Crippen molar-refractivity contribution in [1.29, 1.82) is 0 Å². The van der Waals surface area contributed by atoms with Crippen LogP contribution in [0.1, 0.15) is 12.8 Å². The summed E-state index contributed by atoms with van der Waals surface area (Å²) in [5.74, 6) is -0.468. The van der Waals surface area contributed by atoms with Crippen molar-refractivity contribution in [2.45, 2.75) is 24.1 Å². The minimum atomic E-state index is -4.95. The Kier molecular flexibility index (Phi) is 6.70. The van der Waals surface area contributed by atoms with Crippen molar-refractivity contribution in [3.8, 4) is 5.75 Å². The molecule has 0 atom stereocenters. The molecule has 23 heavy (non-hydrogen) atoms. The number of piperidine rings is 1. The second kappa shape index (κ2) is 7.69. The van der Waals surface area contributed by atoms with E-state index in [1.54, 1.807) is 0 Å². The first-order chi connectivity index (χ1) is 10.2. The SMILES string of the molecule is Cl.NCC1CCN(S(=O)(=O)c2ccccc2OC(F)(F)F)CC1. The smallest absolute Gasteiger partial charge is 0.404 e. The Labute approximate surface area is 139 Å². The average Bonchev–Trinajstić information content (AvgIpc) is 2.46. The molecule has 0 amide bonds. The molecule has 0 spiro atoms. The maximum Gasteiger partial charge on any atom is 0.573 e. The number of ether oxygens (including phenoxy) is 1. The van der Waals surface area contributed by atoms with Gasteiger partial charge in [-0.1, -0.05) is 12.1 Å². The molecule has 0 unspecified atom stereocenters. The molecule has 5 nitrogen and oxygen atoms in total. The van der Waals surface area contributed by atoms with Crippen LogP contribution in [0.15, 0.2) is 29.2 Å². The molecule has 0 bridgehead atoms. The third-order valence-electron chi connectivity index (χ3n) is 3.60. The lowest BCUT2D eigenvalue weighted by atomic mass is 9.99. The Bertz CT molecular complexity index is 617. The number of halogens is 4. The first-order valence-electron chi connectivity index (χ1n) is 6.79. The molecular weight excluding hydrogens is 357 g/mol. The van der Waals surface area contributed by atoms with Gasteiger partial charge in [0.1, 0.15) is 10.6 Å². The number of alkyl halides is 3. The predicted molar refractivity (Wildman–Crippen MR) is 80.9 cm³/mol. The van der Waals surface area contributed by atoms with Gasteiger partial charge in [-0.3, -0.25) is 0 Å². The lowest BCUT2D eigenvalue weighted by molar-refractivity contribution is -0.275. The highest BCUT2D eigenvalue weighted by Gasteiger charge is 2.36. The van der Waals surface area contributed by atoms with Gasteiger partial charge < -0.3 is 10.5 Å². The lowest BCUT2D eigenvalue weighted by Gasteiger charge is -2.30. The van der Waals surface area contributed by atoms with E-state index in [0.717, 1.165) is 12.1 Å². The highest BCUT2D eigenvalue weighted by atomic mass is 35.5. The maximum absolute atomic E-state index is 12.5. The molecule has 1 saturated heterocycles. The first-order valence-corrected chi connectivity index (χ1v) is 8.23. The zero-order valence-corrected chi connectivity index (χ0v) is 13.8. The van der Waals surface area contributed by atoms with E-state index < -0.39 is 27.0 Å². The lowest BCUT2D eigenvalue weighted by Crippen LogP contribution is -2.40. The van der Waals surface area contributed by atoms with Gasteiger partial charge in [0.25, 0.3) is 0 Å². The summed E-state index contributed by atoms with van der Waals surface area (Å²) in [5, 5.41) is 0. The van der Waals surface area contributed by atoms with Gasteiger partial charge in [0, 0.05) is 13.1 Å². The zero-order chi connectivity index (χ0) is 16.4. The molecule has 1 heterocycles. The van der Waals surface area contributed by atoms with Crippen molar-refractivity contribution < 1.29 is 26.3 Å². The summed E-state index contributed by atoms with van der Waals surface area (Å²) in [6, 6.07) is 4.77. The molecule has 0 radical (unpaired) electrons. The third kappa shape index (κ3) is 4.97. The number of hydrogen-bond acceptors (Lipinski definition) is 4. The molecule has 2 N–H and O–H groups in total. The van der Waals surface area contributed by atoms with E-state index in [2.05, 4.69) is 4.74 Å². The molecule has 1 aromatic rings. The van der Waals surface area contributed by atoms with Crippen LogP contribution in [0.25, 0.3) is 0 Å². The second-order valence-corrected chi connectivity index (χ2v) is 6.98. The molecule has 2 rings (SSSR count). The highest BCUT2D eigenvalue weighted by molar-refractivity contribution is 7.89. The van der Waals surface area contributed by atoms with Gasteiger partial charge in [0.15, 0.2) is 0 Å². The first kappa shape index (κ1) is 20.0. The third-order valence-corrected chi connectivity index (χ3v) is 5.54. The molecule has 0 saturated carbocycles.